The third-order valence-corrected chi connectivity index (χ3v) is 6.95. The van der Waals surface area contributed by atoms with Crippen molar-refractivity contribution in [1.29, 1.82) is 0 Å². The lowest BCUT2D eigenvalue weighted by molar-refractivity contribution is -0.125. The first-order valence-electron chi connectivity index (χ1n) is 10.5. The van der Waals surface area contributed by atoms with E-state index < -0.39 is 0 Å². The molecule has 0 saturated heterocycles. The Morgan fingerprint density at radius 1 is 1.33 bits per heavy atom. The van der Waals surface area contributed by atoms with Gasteiger partial charge in [0.1, 0.15) is 5.75 Å². The van der Waals surface area contributed by atoms with Crippen LogP contribution in [0.2, 0.25) is 0 Å². The van der Waals surface area contributed by atoms with Gasteiger partial charge in [-0.05, 0) is 53.0 Å². The fraction of sp³-hybridized carbons (Fsp3) is 0.480. The van der Waals surface area contributed by atoms with Crippen molar-refractivity contribution < 1.29 is 14.3 Å². The van der Waals surface area contributed by atoms with E-state index in [1.54, 1.807) is 26.0 Å². The molecule has 4 nitrogen and oxygen atoms in total. The van der Waals surface area contributed by atoms with Gasteiger partial charge in [0, 0.05) is 25.0 Å². The first kappa shape index (κ1) is 22.7. The van der Waals surface area contributed by atoms with Crippen molar-refractivity contribution >= 4 is 23.2 Å². The fourth-order valence-electron chi connectivity index (χ4n) is 4.50. The summed E-state index contributed by atoms with van der Waals surface area (Å²) in [6, 6.07) is 6.25. The van der Waals surface area contributed by atoms with Crippen molar-refractivity contribution in [2.75, 3.05) is 33.1 Å². The SMILES string of the molecule is C=CCN1C(=O)C2=C(c3ccc(OC)cc3CC2(C)C)C(C)CC=C1SCCOC. The van der Waals surface area contributed by atoms with Crippen molar-refractivity contribution in [3.8, 4) is 5.75 Å². The van der Waals surface area contributed by atoms with Crippen LogP contribution in [0.5, 0.6) is 5.75 Å². The van der Waals surface area contributed by atoms with Crippen LogP contribution in [0.1, 0.15) is 38.3 Å². The zero-order chi connectivity index (χ0) is 21.9. The lowest BCUT2D eigenvalue weighted by Gasteiger charge is -2.41. The van der Waals surface area contributed by atoms with Gasteiger partial charge in [-0.1, -0.05) is 39.0 Å². The van der Waals surface area contributed by atoms with E-state index in [1.165, 1.54) is 16.7 Å². The van der Waals surface area contributed by atoms with Gasteiger partial charge >= 0.3 is 0 Å². The van der Waals surface area contributed by atoms with Crippen LogP contribution in [0, 0.1) is 11.3 Å². The molecule has 162 valence electrons. The number of amides is 1. The molecular formula is C25H33NO3S. The summed E-state index contributed by atoms with van der Waals surface area (Å²) in [6.07, 6.45) is 5.72. The molecule has 0 radical (unpaired) electrons. The molecule has 1 heterocycles. The van der Waals surface area contributed by atoms with Gasteiger partial charge in [-0.15, -0.1) is 18.3 Å². The summed E-state index contributed by atoms with van der Waals surface area (Å²) in [7, 11) is 3.40. The number of thioether (sulfide) groups is 1. The predicted molar refractivity (Wildman–Crippen MR) is 126 cm³/mol. The third-order valence-electron chi connectivity index (χ3n) is 5.89. The summed E-state index contributed by atoms with van der Waals surface area (Å²) in [5, 5.41) is 1.01. The second-order valence-electron chi connectivity index (χ2n) is 8.60. The van der Waals surface area contributed by atoms with Gasteiger partial charge < -0.3 is 9.47 Å². The summed E-state index contributed by atoms with van der Waals surface area (Å²) in [6.45, 7) is 11.7. The number of methoxy groups -OCH3 is 2. The molecule has 0 N–H and O–H groups in total. The summed E-state index contributed by atoms with van der Waals surface area (Å²) >= 11 is 1.68. The van der Waals surface area contributed by atoms with Gasteiger partial charge in [0.2, 0.25) is 0 Å². The molecule has 0 fully saturated rings. The molecule has 1 aromatic carbocycles. The minimum Gasteiger partial charge on any atom is -0.497 e. The van der Waals surface area contributed by atoms with Crippen LogP contribution in [-0.2, 0) is 16.0 Å². The number of nitrogens with zero attached hydrogens (tertiary/aromatic N) is 1. The van der Waals surface area contributed by atoms with E-state index in [0.717, 1.165) is 34.9 Å². The van der Waals surface area contributed by atoms with Gasteiger partial charge in [0.15, 0.2) is 0 Å². The third kappa shape index (κ3) is 4.37. The summed E-state index contributed by atoms with van der Waals surface area (Å²) in [5.41, 5.74) is 4.30. The summed E-state index contributed by atoms with van der Waals surface area (Å²) in [5.74, 6) is 2.03. The minimum atomic E-state index is -0.265. The van der Waals surface area contributed by atoms with Crippen LogP contribution in [0.3, 0.4) is 0 Å². The number of rotatable bonds is 7. The lowest BCUT2D eigenvalue weighted by Crippen LogP contribution is -2.40. The quantitative estimate of drug-likeness (QED) is 0.437. The van der Waals surface area contributed by atoms with Crippen LogP contribution < -0.4 is 4.74 Å². The number of hydrogen-bond donors (Lipinski definition) is 0. The fourth-order valence-corrected chi connectivity index (χ4v) is 5.48. The van der Waals surface area contributed by atoms with E-state index in [4.69, 9.17) is 9.47 Å². The van der Waals surface area contributed by atoms with Gasteiger partial charge in [0.05, 0.1) is 18.7 Å². The molecule has 5 heteroatoms. The van der Waals surface area contributed by atoms with Crippen LogP contribution in [-0.4, -0.2) is 43.9 Å². The Kier molecular flexibility index (Phi) is 7.14. The molecule has 1 aliphatic carbocycles. The van der Waals surface area contributed by atoms with E-state index in [-0.39, 0.29) is 17.2 Å². The molecule has 0 bridgehead atoms. The number of fused-ring (bicyclic) bond motifs is 2. The highest BCUT2D eigenvalue weighted by Gasteiger charge is 2.41. The Hall–Kier alpha value is -1.98. The average Bonchev–Trinajstić information content (AvgIpc) is 2.71. The minimum absolute atomic E-state index is 0.0964. The largest absolute Gasteiger partial charge is 0.497 e. The molecule has 1 aromatic rings. The Balaban J connectivity index is 2.13. The maximum absolute atomic E-state index is 14.0. The van der Waals surface area contributed by atoms with Crippen LogP contribution in [0.25, 0.3) is 5.57 Å². The number of carbonyl (C=O) groups excluding carboxylic acids is 1. The molecule has 3 rings (SSSR count). The molecule has 2 aliphatic rings. The van der Waals surface area contributed by atoms with E-state index in [9.17, 15) is 4.79 Å². The van der Waals surface area contributed by atoms with Crippen molar-refractivity contribution in [2.45, 2.75) is 33.6 Å². The maximum atomic E-state index is 14.0. The molecule has 1 atom stereocenters. The van der Waals surface area contributed by atoms with Crippen LogP contribution >= 0.6 is 11.8 Å². The first-order valence-corrected chi connectivity index (χ1v) is 11.5. The topological polar surface area (TPSA) is 38.8 Å². The molecule has 30 heavy (non-hydrogen) atoms. The van der Waals surface area contributed by atoms with E-state index in [2.05, 4.69) is 45.6 Å². The summed E-state index contributed by atoms with van der Waals surface area (Å²) < 4.78 is 10.7. The maximum Gasteiger partial charge on any atom is 0.255 e. The zero-order valence-corrected chi connectivity index (χ0v) is 19.6. The first-order chi connectivity index (χ1) is 14.3. The number of hydrogen-bond acceptors (Lipinski definition) is 4. The standard InChI is InChI=1S/C25H33NO3S/c1-7-12-26-21(30-14-13-28-5)11-8-17(2)22-20-10-9-19(29-6)15-18(20)16-25(3,4)23(22)24(26)27/h7,9-11,15,17H,1,8,12-14,16H2,2-6H3. The monoisotopic (exact) mass is 427 g/mol. The predicted octanol–water partition coefficient (Wildman–Crippen LogP) is 5.31. The second kappa shape index (κ2) is 9.44. The van der Waals surface area contributed by atoms with Gasteiger partial charge in [-0.3, -0.25) is 9.69 Å². The number of carbonyl (C=O) groups is 1. The number of benzene rings is 1. The average molecular weight is 428 g/mol. The Labute approximate surface area is 185 Å². The van der Waals surface area contributed by atoms with Crippen molar-refractivity contribution in [1.82, 2.24) is 4.90 Å². The highest BCUT2D eigenvalue weighted by atomic mass is 32.2. The van der Waals surface area contributed by atoms with E-state index in [1.807, 2.05) is 17.0 Å². The highest BCUT2D eigenvalue weighted by molar-refractivity contribution is 8.03. The normalized spacial score (nSPS) is 20.7. The Morgan fingerprint density at radius 2 is 2.10 bits per heavy atom. The van der Waals surface area contributed by atoms with Crippen molar-refractivity contribution in [3.05, 3.63) is 58.7 Å². The van der Waals surface area contributed by atoms with Gasteiger partial charge in [-0.25, -0.2) is 0 Å². The molecule has 0 saturated carbocycles. The smallest absolute Gasteiger partial charge is 0.255 e. The lowest BCUT2D eigenvalue weighted by atomic mass is 9.66. The van der Waals surface area contributed by atoms with Crippen LogP contribution in [0.15, 0.2) is 47.5 Å². The Bertz CT molecular complexity index is 884. The second-order valence-corrected chi connectivity index (χ2v) is 9.71. The van der Waals surface area contributed by atoms with Gasteiger partial charge in [0.25, 0.3) is 5.91 Å². The molecular weight excluding hydrogens is 394 g/mol. The van der Waals surface area contributed by atoms with Crippen molar-refractivity contribution in [3.63, 3.8) is 0 Å². The van der Waals surface area contributed by atoms with Crippen molar-refractivity contribution in [2.24, 2.45) is 11.3 Å². The van der Waals surface area contributed by atoms with E-state index >= 15 is 0 Å². The number of ether oxygens (including phenoxy) is 2. The van der Waals surface area contributed by atoms with E-state index in [0.29, 0.717) is 13.2 Å². The molecule has 1 amide bonds. The zero-order valence-electron chi connectivity index (χ0n) is 18.8. The number of allylic oxidation sites excluding steroid dienone is 2. The molecule has 1 aliphatic heterocycles. The molecule has 0 spiro atoms. The molecule has 0 aromatic heterocycles. The summed E-state index contributed by atoms with van der Waals surface area (Å²) in [4.78, 5) is 15.9. The van der Waals surface area contributed by atoms with Gasteiger partial charge in [-0.2, -0.15) is 0 Å². The molecule has 1 unspecified atom stereocenters. The Morgan fingerprint density at radius 3 is 2.77 bits per heavy atom. The highest BCUT2D eigenvalue weighted by Crippen LogP contribution is 2.49. The van der Waals surface area contributed by atoms with Crippen LogP contribution in [0.4, 0.5) is 0 Å².